The van der Waals surface area contributed by atoms with Crippen molar-refractivity contribution < 1.29 is 4.79 Å². The summed E-state index contributed by atoms with van der Waals surface area (Å²) in [4.78, 5) is 17.2. The van der Waals surface area contributed by atoms with Crippen LogP contribution in [0.25, 0.3) is 5.69 Å². The molecule has 1 aliphatic rings. The van der Waals surface area contributed by atoms with E-state index in [0.29, 0.717) is 16.8 Å². The summed E-state index contributed by atoms with van der Waals surface area (Å²) in [6.45, 7) is 4.02. The van der Waals surface area contributed by atoms with Crippen molar-refractivity contribution in [2.45, 2.75) is 37.8 Å². The van der Waals surface area contributed by atoms with Crippen molar-refractivity contribution in [2.75, 3.05) is 5.75 Å². The Morgan fingerprint density at radius 1 is 1.28 bits per heavy atom. The van der Waals surface area contributed by atoms with Crippen LogP contribution in [0.4, 0.5) is 0 Å². The molecule has 1 aliphatic carbocycles. The number of hydrogen-bond acceptors (Lipinski definition) is 4. The summed E-state index contributed by atoms with van der Waals surface area (Å²) >= 11 is 1.40. The third kappa shape index (κ3) is 3.26. The Labute approximate surface area is 150 Å². The van der Waals surface area contributed by atoms with E-state index in [2.05, 4.69) is 31.9 Å². The van der Waals surface area contributed by atoms with Gasteiger partial charge in [-0.15, -0.1) is 5.10 Å². The van der Waals surface area contributed by atoms with Crippen molar-refractivity contribution in [3.63, 3.8) is 0 Å². The number of benzene rings is 1. The average Bonchev–Trinajstić information content (AvgIpc) is 3.29. The molecule has 1 saturated carbocycles. The Bertz CT molecular complexity index is 909. The number of hydrogen-bond donors (Lipinski definition) is 1. The standard InChI is InChI=1S/C19H20N4OS/c1-12-10-16(13(2)23(12)15-6-4-3-5-7-15)17(24)11-25-19-20-18(21-22-19)14-8-9-14/h3-7,10,14H,8-9,11H2,1-2H3,(H,20,21,22). The van der Waals surface area contributed by atoms with Gasteiger partial charge in [-0.25, -0.2) is 4.98 Å². The van der Waals surface area contributed by atoms with Crippen LogP contribution >= 0.6 is 11.8 Å². The van der Waals surface area contributed by atoms with Crippen LogP contribution in [0.15, 0.2) is 41.6 Å². The maximum atomic E-state index is 12.7. The fourth-order valence-electron chi connectivity index (χ4n) is 3.09. The van der Waals surface area contributed by atoms with Crippen LogP contribution in [0, 0.1) is 13.8 Å². The van der Waals surface area contributed by atoms with Gasteiger partial charge in [-0.1, -0.05) is 30.0 Å². The van der Waals surface area contributed by atoms with Crippen LogP contribution in [0.3, 0.4) is 0 Å². The maximum Gasteiger partial charge on any atom is 0.208 e. The van der Waals surface area contributed by atoms with Gasteiger partial charge in [0, 0.05) is 28.6 Å². The van der Waals surface area contributed by atoms with E-state index in [4.69, 9.17) is 0 Å². The number of carbonyl (C=O) groups excluding carboxylic acids is 1. The van der Waals surface area contributed by atoms with E-state index in [1.165, 1.54) is 24.6 Å². The van der Waals surface area contributed by atoms with E-state index >= 15 is 0 Å². The number of aromatic nitrogens is 4. The second-order valence-corrected chi connectivity index (χ2v) is 7.39. The quantitative estimate of drug-likeness (QED) is 0.537. The van der Waals surface area contributed by atoms with Gasteiger partial charge < -0.3 is 4.57 Å². The molecule has 1 fully saturated rings. The normalized spacial score (nSPS) is 14.0. The number of ketones is 1. The average molecular weight is 352 g/mol. The first-order valence-corrected chi connectivity index (χ1v) is 9.44. The predicted octanol–water partition coefficient (Wildman–Crippen LogP) is 4.06. The first-order chi connectivity index (χ1) is 12.1. The second-order valence-electron chi connectivity index (χ2n) is 6.45. The second kappa shape index (κ2) is 6.52. The first kappa shape index (κ1) is 16.1. The number of para-hydroxylation sites is 1. The number of rotatable bonds is 6. The van der Waals surface area contributed by atoms with Crippen LogP contribution in [-0.2, 0) is 0 Å². The molecule has 0 unspecified atom stereocenters. The Balaban J connectivity index is 1.50. The Morgan fingerprint density at radius 3 is 2.76 bits per heavy atom. The highest BCUT2D eigenvalue weighted by Gasteiger charge is 2.27. The first-order valence-electron chi connectivity index (χ1n) is 8.46. The summed E-state index contributed by atoms with van der Waals surface area (Å²) in [6, 6.07) is 12.1. The van der Waals surface area contributed by atoms with E-state index in [-0.39, 0.29) is 5.78 Å². The van der Waals surface area contributed by atoms with Crippen LogP contribution < -0.4 is 0 Å². The van der Waals surface area contributed by atoms with Crippen molar-refractivity contribution in [3.8, 4) is 5.69 Å². The number of aryl methyl sites for hydroxylation is 1. The number of nitrogens with one attached hydrogen (secondary N) is 1. The summed E-state index contributed by atoms with van der Waals surface area (Å²) in [5, 5.41) is 7.84. The molecule has 6 heteroatoms. The molecule has 1 N–H and O–H groups in total. The highest BCUT2D eigenvalue weighted by Crippen LogP contribution is 2.38. The molecule has 0 bridgehead atoms. The zero-order chi connectivity index (χ0) is 17.4. The largest absolute Gasteiger partial charge is 0.318 e. The minimum absolute atomic E-state index is 0.109. The highest BCUT2D eigenvalue weighted by molar-refractivity contribution is 7.99. The van der Waals surface area contributed by atoms with Crippen LogP contribution in [0.2, 0.25) is 0 Å². The van der Waals surface area contributed by atoms with E-state index < -0.39 is 0 Å². The highest BCUT2D eigenvalue weighted by atomic mass is 32.2. The van der Waals surface area contributed by atoms with Gasteiger partial charge in [0.05, 0.1) is 5.75 Å². The van der Waals surface area contributed by atoms with Gasteiger partial charge >= 0.3 is 0 Å². The summed E-state index contributed by atoms with van der Waals surface area (Å²) in [5.41, 5.74) is 3.88. The zero-order valence-corrected chi connectivity index (χ0v) is 15.1. The monoisotopic (exact) mass is 352 g/mol. The minimum Gasteiger partial charge on any atom is -0.318 e. The number of Topliss-reactive ketones (excluding diaryl/α,β-unsaturated/α-hetero) is 1. The van der Waals surface area contributed by atoms with Gasteiger partial charge in [0.25, 0.3) is 0 Å². The lowest BCUT2D eigenvalue weighted by atomic mass is 10.2. The van der Waals surface area contributed by atoms with Gasteiger partial charge in [-0.05, 0) is 44.9 Å². The zero-order valence-electron chi connectivity index (χ0n) is 14.3. The minimum atomic E-state index is 0.109. The van der Waals surface area contributed by atoms with Crippen LogP contribution in [0.5, 0.6) is 0 Å². The molecule has 2 aromatic heterocycles. The molecule has 2 heterocycles. The summed E-state index contributed by atoms with van der Waals surface area (Å²) in [6.07, 6.45) is 2.37. The van der Waals surface area contributed by atoms with Crippen molar-refractivity contribution in [2.24, 2.45) is 0 Å². The molecule has 0 amide bonds. The number of aromatic amines is 1. The Hall–Kier alpha value is -2.34. The fraction of sp³-hybridized carbons (Fsp3) is 0.316. The third-order valence-corrected chi connectivity index (χ3v) is 5.37. The van der Waals surface area contributed by atoms with Gasteiger partial charge in [0.2, 0.25) is 5.16 Å². The summed E-state index contributed by atoms with van der Waals surface area (Å²) in [5.74, 6) is 1.96. The van der Waals surface area contributed by atoms with E-state index in [0.717, 1.165) is 28.5 Å². The number of nitrogens with zero attached hydrogens (tertiary/aromatic N) is 3. The number of thioether (sulfide) groups is 1. The van der Waals surface area contributed by atoms with Gasteiger partial charge in [-0.2, -0.15) is 0 Å². The van der Waals surface area contributed by atoms with Crippen molar-refractivity contribution >= 4 is 17.5 Å². The molecule has 0 radical (unpaired) electrons. The molecule has 25 heavy (non-hydrogen) atoms. The van der Waals surface area contributed by atoms with Crippen molar-refractivity contribution in [1.82, 2.24) is 19.7 Å². The van der Waals surface area contributed by atoms with Gasteiger partial charge in [0.1, 0.15) is 5.82 Å². The van der Waals surface area contributed by atoms with E-state index in [9.17, 15) is 4.79 Å². The number of H-pyrrole nitrogens is 1. The topological polar surface area (TPSA) is 63.6 Å². The van der Waals surface area contributed by atoms with Crippen LogP contribution in [0.1, 0.15) is 46.3 Å². The summed E-state index contributed by atoms with van der Waals surface area (Å²) < 4.78 is 2.12. The third-order valence-electron chi connectivity index (χ3n) is 4.52. The lowest BCUT2D eigenvalue weighted by Gasteiger charge is -2.09. The smallest absolute Gasteiger partial charge is 0.208 e. The van der Waals surface area contributed by atoms with Crippen molar-refractivity contribution in [1.29, 1.82) is 0 Å². The van der Waals surface area contributed by atoms with E-state index in [1.807, 2.05) is 38.1 Å². The summed E-state index contributed by atoms with van der Waals surface area (Å²) in [7, 11) is 0. The molecule has 0 saturated heterocycles. The van der Waals surface area contributed by atoms with Crippen LogP contribution in [-0.4, -0.2) is 31.3 Å². The number of carbonyl (C=O) groups is 1. The fourth-order valence-corrected chi connectivity index (χ4v) is 3.78. The molecule has 3 aromatic rings. The SMILES string of the molecule is Cc1cc(C(=O)CSc2n[nH]c(C3CC3)n2)c(C)n1-c1ccccc1. The van der Waals surface area contributed by atoms with Crippen molar-refractivity contribution in [3.05, 3.63) is 59.2 Å². The molecule has 0 atom stereocenters. The molecule has 0 aliphatic heterocycles. The molecule has 5 nitrogen and oxygen atoms in total. The molecule has 4 rings (SSSR count). The molecule has 0 spiro atoms. The molecular weight excluding hydrogens is 332 g/mol. The molecular formula is C19H20N4OS. The Morgan fingerprint density at radius 2 is 2.04 bits per heavy atom. The predicted molar refractivity (Wildman–Crippen MR) is 98.7 cm³/mol. The Kier molecular flexibility index (Phi) is 4.21. The maximum absolute atomic E-state index is 12.7. The molecule has 128 valence electrons. The van der Waals surface area contributed by atoms with Gasteiger partial charge in [0.15, 0.2) is 5.78 Å². The lowest BCUT2D eigenvalue weighted by molar-refractivity contribution is 0.102. The van der Waals surface area contributed by atoms with Gasteiger partial charge in [-0.3, -0.25) is 9.89 Å². The molecule has 1 aromatic carbocycles. The van der Waals surface area contributed by atoms with E-state index in [1.54, 1.807) is 0 Å². The lowest BCUT2D eigenvalue weighted by Crippen LogP contribution is -2.05.